The molecule has 1 aliphatic heterocycles. The predicted octanol–water partition coefficient (Wildman–Crippen LogP) is 4.04. The van der Waals surface area contributed by atoms with E-state index in [1.54, 1.807) is 18.4 Å². The van der Waals surface area contributed by atoms with Crippen molar-refractivity contribution in [1.82, 2.24) is 15.2 Å². The van der Waals surface area contributed by atoms with E-state index < -0.39 is 0 Å². The third kappa shape index (κ3) is 6.10. The molecular weight excluding hydrogens is 478 g/mol. The first-order valence-electron chi connectivity index (χ1n) is 8.97. The van der Waals surface area contributed by atoms with Crippen LogP contribution in [0.25, 0.3) is 11.5 Å². The molecule has 0 aliphatic carbocycles. The molecule has 1 N–H and O–H groups in total. The molecule has 148 valence electrons. The Balaban J connectivity index is 0.00000261. The number of thioether (sulfide) groups is 1. The number of halogens is 2. The molecule has 0 radical (unpaired) electrons. The van der Waals surface area contributed by atoms with Crippen LogP contribution in [-0.4, -0.2) is 53.5 Å². The van der Waals surface area contributed by atoms with Crippen LogP contribution in [0.4, 0.5) is 4.39 Å². The van der Waals surface area contributed by atoms with Gasteiger partial charge in [0.05, 0.1) is 5.69 Å². The zero-order chi connectivity index (χ0) is 18.4. The maximum Gasteiger partial charge on any atom is 0.226 e. The molecule has 2 heterocycles. The van der Waals surface area contributed by atoms with Crippen molar-refractivity contribution in [3.8, 4) is 11.5 Å². The van der Waals surface area contributed by atoms with Crippen molar-refractivity contribution in [3.05, 3.63) is 42.0 Å². The van der Waals surface area contributed by atoms with Gasteiger partial charge in [0, 0.05) is 49.7 Å². The van der Waals surface area contributed by atoms with Gasteiger partial charge in [0.15, 0.2) is 5.96 Å². The van der Waals surface area contributed by atoms with Gasteiger partial charge in [-0.05, 0) is 30.7 Å². The zero-order valence-corrected chi connectivity index (χ0v) is 18.8. The molecular formula is C19H26FIN4OS. The standard InChI is InChI=1S/C19H25FN4OS.HI/c1-3-17-12-24(10-11-26-17)19(21-2)22-9-8-16-13-25-18(23-16)14-4-6-15(20)7-5-14;/h4-7,13,17H,3,8-12H2,1-2H3,(H,21,22);1H. The van der Waals surface area contributed by atoms with Crippen LogP contribution in [0.2, 0.25) is 0 Å². The smallest absolute Gasteiger partial charge is 0.226 e. The number of hydrogen-bond donors (Lipinski definition) is 1. The maximum atomic E-state index is 13.0. The molecule has 8 heteroatoms. The Bertz CT molecular complexity index is 738. The molecule has 1 aromatic heterocycles. The van der Waals surface area contributed by atoms with Gasteiger partial charge < -0.3 is 14.6 Å². The van der Waals surface area contributed by atoms with Crippen LogP contribution in [0, 0.1) is 5.82 Å². The summed E-state index contributed by atoms with van der Waals surface area (Å²) in [5, 5.41) is 4.10. The summed E-state index contributed by atoms with van der Waals surface area (Å²) in [6, 6.07) is 6.16. The Labute approximate surface area is 181 Å². The first-order valence-corrected chi connectivity index (χ1v) is 10.0. The van der Waals surface area contributed by atoms with Crippen molar-refractivity contribution >= 4 is 41.7 Å². The number of hydrogen-bond acceptors (Lipinski definition) is 4. The van der Waals surface area contributed by atoms with Crippen molar-refractivity contribution in [2.75, 3.05) is 32.4 Å². The molecule has 0 amide bonds. The minimum absolute atomic E-state index is 0. The van der Waals surface area contributed by atoms with E-state index in [1.807, 2.05) is 18.8 Å². The Morgan fingerprint density at radius 2 is 2.19 bits per heavy atom. The highest BCUT2D eigenvalue weighted by atomic mass is 127. The van der Waals surface area contributed by atoms with E-state index in [0.29, 0.717) is 11.1 Å². The van der Waals surface area contributed by atoms with Crippen LogP contribution in [0.15, 0.2) is 39.9 Å². The quantitative estimate of drug-likeness (QED) is 0.379. The van der Waals surface area contributed by atoms with Gasteiger partial charge in [-0.3, -0.25) is 4.99 Å². The number of nitrogens with one attached hydrogen (secondary N) is 1. The van der Waals surface area contributed by atoms with Gasteiger partial charge >= 0.3 is 0 Å². The summed E-state index contributed by atoms with van der Waals surface area (Å²) >= 11 is 2.05. The van der Waals surface area contributed by atoms with Gasteiger partial charge in [0.2, 0.25) is 5.89 Å². The summed E-state index contributed by atoms with van der Waals surface area (Å²) in [5.41, 5.74) is 1.64. The normalized spacial score (nSPS) is 17.5. The lowest BCUT2D eigenvalue weighted by Crippen LogP contribution is -2.48. The van der Waals surface area contributed by atoms with Gasteiger partial charge in [-0.1, -0.05) is 6.92 Å². The molecule has 1 aromatic carbocycles. The first-order chi connectivity index (χ1) is 12.7. The zero-order valence-electron chi connectivity index (χ0n) is 15.7. The Morgan fingerprint density at radius 1 is 1.41 bits per heavy atom. The minimum atomic E-state index is -0.266. The summed E-state index contributed by atoms with van der Waals surface area (Å²) in [7, 11) is 1.83. The second kappa shape index (κ2) is 10.9. The molecule has 5 nitrogen and oxygen atoms in total. The molecule has 2 aromatic rings. The van der Waals surface area contributed by atoms with Crippen LogP contribution in [0.1, 0.15) is 19.0 Å². The number of aromatic nitrogens is 1. The van der Waals surface area contributed by atoms with E-state index in [4.69, 9.17) is 4.42 Å². The third-order valence-electron chi connectivity index (χ3n) is 4.41. The summed E-state index contributed by atoms with van der Waals surface area (Å²) in [5.74, 6) is 2.34. The van der Waals surface area contributed by atoms with Crippen molar-refractivity contribution in [2.45, 2.75) is 25.0 Å². The van der Waals surface area contributed by atoms with E-state index >= 15 is 0 Å². The Morgan fingerprint density at radius 3 is 2.89 bits per heavy atom. The van der Waals surface area contributed by atoms with Gasteiger partial charge in [0.1, 0.15) is 12.1 Å². The van der Waals surface area contributed by atoms with E-state index in [-0.39, 0.29) is 29.8 Å². The largest absolute Gasteiger partial charge is 0.444 e. The fraction of sp³-hybridized carbons (Fsp3) is 0.474. The lowest BCUT2D eigenvalue weighted by Gasteiger charge is -2.34. The summed E-state index contributed by atoms with van der Waals surface area (Å²) in [6.07, 6.45) is 3.58. The number of oxazole rings is 1. The van der Waals surface area contributed by atoms with Gasteiger partial charge in [-0.15, -0.1) is 24.0 Å². The molecule has 0 bridgehead atoms. The first kappa shape index (κ1) is 22.0. The van der Waals surface area contributed by atoms with Crippen molar-refractivity contribution < 1.29 is 8.81 Å². The molecule has 0 saturated carbocycles. The number of guanidine groups is 1. The fourth-order valence-corrected chi connectivity index (χ4v) is 4.12. The predicted molar refractivity (Wildman–Crippen MR) is 120 cm³/mol. The van der Waals surface area contributed by atoms with Crippen LogP contribution in [-0.2, 0) is 6.42 Å². The van der Waals surface area contributed by atoms with Gasteiger partial charge in [0.25, 0.3) is 0 Å². The van der Waals surface area contributed by atoms with Gasteiger partial charge in [-0.2, -0.15) is 11.8 Å². The summed E-state index contributed by atoms with van der Waals surface area (Å²) in [6.45, 7) is 5.04. The molecule has 3 rings (SSSR count). The molecule has 27 heavy (non-hydrogen) atoms. The van der Waals surface area contributed by atoms with Crippen LogP contribution < -0.4 is 5.32 Å². The highest BCUT2D eigenvalue weighted by Gasteiger charge is 2.21. The average molecular weight is 504 g/mol. The number of aliphatic imine (C=N–C) groups is 1. The SMILES string of the molecule is CCC1CN(C(=NC)NCCc2coc(-c3ccc(F)cc3)n2)CCS1.I. The monoisotopic (exact) mass is 504 g/mol. The Kier molecular flexibility index (Phi) is 8.88. The second-order valence-electron chi connectivity index (χ2n) is 6.22. The summed E-state index contributed by atoms with van der Waals surface area (Å²) < 4.78 is 18.5. The van der Waals surface area contributed by atoms with Crippen molar-refractivity contribution in [3.63, 3.8) is 0 Å². The number of nitrogens with zero attached hydrogens (tertiary/aromatic N) is 3. The average Bonchev–Trinajstić information content (AvgIpc) is 3.15. The van der Waals surface area contributed by atoms with Crippen LogP contribution in [0.5, 0.6) is 0 Å². The number of benzene rings is 1. The van der Waals surface area contributed by atoms with E-state index in [1.165, 1.54) is 18.6 Å². The lowest BCUT2D eigenvalue weighted by molar-refractivity contribution is 0.408. The van der Waals surface area contributed by atoms with E-state index in [9.17, 15) is 4.39 Å². The highest BCUT2D eigenvalue weighted by Crippen LogP contribution is 2.21. The molecule has 1 atom stereocenters. The van der Waals surface area contributed by atoms with Crippen LogP contribution >= 0.6 is 35.7 Å². The van der Waals surface area contributed by atoms with Crippen molar-refractivity contribution in [2.24, 2.45) is 4.99 Å². The fourth-order valence-electron chi connectivity index (χ4n) is 2.94. The minimum Gasteiger partial charge on any atom is -0.444 e. The van der Waals surface area contributed by atoms with E-state index in [2.05, 4.69) is 27.1 Å². The second-order valence-corrected chi connectivity index (χ2v) is 7.63. The van der Waals surface area contributed by atoms with Crippen LogP contribution in [0.3, 0.4) is 0 Å². The Hall–Kier alpha value is -1.29. The molecule has 1 saturated heterocycles. The molecule has 1 unspecified atom stereocenters. The molecule has 0 spiro atoms. The lowest BCUT2D eigenvalue weighted by atomic mass is 10.2. The van der Waals surface area contributed by atoms with E-state index in [0.717, 1.165) is 49.0 Å². The molecule has 1 aliphatic rings. The van der Waals surface area contributed by atoms with Crippen molar-refractivity contribution in [1.29, 1.82) is 0 Å². The highest BCUT2D eigenvalue weighted by molar-refractivity contribution is 14.0. The maximum absolute atomic E-state index is 13.0. The topological polar surface area (TPSA) is 53.7 Å². The van der Waals surface area contributed by atoms with Gasteiger partial charge in [-0.25, -0.2) is 9.37 Å². The number of rotatable bonds is 5. The molecule has 1 fully saturated rings. The third-order valence-corrected chi connectivity index (χ3v) is 5.78. The summed E-state index contributed by atoms with van der Waals surface area (Å²) in [4.78, 5) is 11.2.